The maximum atomic E-state index is 2.00. The maximum Gasteiger partial charge on any atom is 0 e. The van der Waals surface area contributed by atoms with Gasteiger partial charge >= 0.3 is 0 Å². The second-order valence-corrected chi connectivity index (χ2v) is 1.34. The van der Waals surface area contributed by atoms with Gasteiger partial charge in [-0.25, -0.2) is 0 Å². The van der Waals surface area contributed by atoms with Crippen LogP contribution in [0.1, 0.15) is 0 Å². The number of hydrogen-bond acceptors (Lipinski definition) is 1. The van der Waals surface area contributed by atoms with Gasteiger partial charge in [0.25, 0.3) is 0 Å². The van der Waals surface area contributed by atoms with E-state index in [4.69, 9.17) is 0 Å². The summed E-state index contributed by atoms with van der Waals surface area (Å²) in [5.41, 5.74) is 0. The first-order chi connectivity index (χ1) is 1.73. The molecule has 0 bridgehead atoms. The molecule has 0 atom stereocenters. The minimum absolute atomic E-state index is 0. The molecule has 0 heterocycles. The van der Waals surface area contributed by atoms with Crippen LogP contribution in [-0.4, -0.2) is 26.0 Å². The van der Waals surface area contributed by atoms with E-state index in [1.807, 2.05) is 26.0 Å². The van der Waals surface area contributed by atoms with E-state index in [1.165, 1.54) is 0 Å². The third kappa shape index (κ3) is 73.9. The first kappa shape index (κ1) is 15.7. The first-order valence-corrected chi connectivity index (χ1v) is 1.34. The molecular formula is C4H12NY-. The van der Waals surface area contributed by atoms with Crippen molar-refractivity contribution in [3.8, 4) is 0 Å². The van der Waals surface area contributed by atoms with Crippen LogP contribution < -0.4 is 0 Å². The molecule has 0 aromatic rings. The third-order valence-electron chi connectivity index (χ3n) is 0. The van der Waals surface area contributed by atoms with Crippen molar-refractivity contribution >= 4 is 0 Å². The summed E-state index contributed by atoms with van der Waals surface area (Å²) in [5.74, 6) is 0. The average molecular weight is 163 g/mol. The van der Waals surface area contributed by atoms with Gasteiger partial charge in [-0.1, -0.05) is 0 Å². The van der Waals surface area contributed by atoms with Crippen molar-refractivity contribution in [2.45, 2.75) is 0 Å². The zero-order valence-electron chi connectivity index (χ0n) is 5.02. The molecule has 0 fully saturated rings. The van der Waals surface area contributed by atoms with Crippen LogP contribution in [-0.2, 0) is 32.7 Å². The molecule has 0 saturated carbocycles. The SMILES string of the molecule is CN(C)C.[CH3-].[Y]. The van der Waals surface area contributed by atoms with Crippen LogP contribution >= 0.6 is 0 Å². The Balaban J connectivity index is -0.0000000450. The van der Waals surface area contributed by atoms with E-state index >= 15 is 0 Å². The second kappa shape index (κ2) is 9.42. The van der Waals surface area contributed by atoms with Crippen molar-refractivity contribution in [1.29, 1.82) is 0 Å². The molecule has 37 valence electrons. The Labute approximate surface area is 66.0 Å². The summed E-state index contributed by atoms with van der Waals surface area (Å²) in [6, 6.07) is 0. The predicted molar refractivity (Wildman–Crippen MR) is 26.0 cm³/mol. The topological polar surface area (TPSA) is 3.24 Å². The van der Waals surface area contributed by atoms with Crippen molar-refractivity contribution in [2.75, 3.05) is 21.1 Å². The number of hydrogen-bond donors (Lipinski definition) is 0. The van der Waals surface area contributed by atoms with E-state index < -0.39 is 0 Å². The van der Waals surface area contributed by atoms with Crippen LogP contribution in [0.5, 0.6) is 0 Å². The fourth-order valence-electron chi connectivity index (χ4n) is 0. The molecule has 0 aliphatic heterocycles. The molecule has 6 heavy (non-hydrogen) atoms. The minimum atomic E-state index is 0. The van der Waals surface area contributed by atoms with E-state index in [-0.39, 0.29) is 40.1 Å². The van der Waals surface area contributed by atoms with Crippen molar-refractivity contribution in [2.24, 2.45) is 0 Å². The van der Waals surface area contributed by atoms with Crippen LogP contribution in [0.3, 0.4) is 0 Å². The molecule has 0 amide bonds. The number of nitrogens with zero attached hydrogens (tertiary/aromatic N) is 1. The summed E-state index contributed by atoms with van der Waals surface area (Å²) in [6.45, 7) is 0. The van der Waals surface area contributed by atoms with Gasteiger partial charge in [0.15, 0.2) is 0 Å². The standard InChI is InChI=1S/C3H9N.CH3.Y/c1-4(2)3;;/h1-3H3;1H3;/q;-1;. The van der Waals surface area contributed by atoms with Gasteiger partial charge in [-0.3, -0.25) is 0 Å². The molecule has 1 nitrogen and oxygen atoms in total. The summed E-state index contributed by atoms with van der Waals surface area (Å²) in [7, 11) is 6.00. The normalized spacial score (nSPS) is 6.00. The van der Waals surface area contributed by atoms with E-state index in [0.717, 1.165) is 0 Å². The Hall–Kier alpha value is 1.06. The van der Waals surface area contributed by atoms with Crippen LogP contribution in [0.2, 0.25) is 0 Å². The zero-order chi connectivity index (χ0) is 3.58. The van der Waals surface area contributed by atoms with Crippen LogP contribution in [0, 0.1) is 7.43 Å². The Morgan fingerprint density at radius 1 is 1.00 bits per heavy atom. The number of rotatable bonds is 0. The van der Waals surface area contributed by atoms with Gasteiger partial charge < -0.3 is 12.3 Å². The minimum Gasteiger partial charge on any atom is -0.358 e. The van der Waals surface area contributed by atoms with Crippen LogP contribution in [0.4, 0.5) is 0 Å². The van der Waals surface area contributed by atoms with Gasteiger partial charge in [-0.15, -0.1) is 0 Å². The molecule has 1 radical (unpaired) electrons. The molecule has 0 aromatic heterocycles. The Morgan fingerprint density at radius 3 is 1.00 bits per heavy atom. The molecule has 0 saturated heterocycles. The van der Waals surface area contributed by atoms with E-state index in [1.54, 1.807) is 0 Å². The van der Waals surface area contributed by atoms with Crippen molar-refractivity contribution in [1.82, 2.24) is 4.90 Å². The monoisotopic (exact) mass is 163 g/mol. The molecule has 0 aliphatic rings. The summed E-state index contributed by atoms with van der Waals surface area (Å²) in [6.07, 6.45) is 0. The van der Waals surface area contributed by atoms with Crippen molar-refractivity contribution in [3.63, 3.8) is 0 Å². The molecule has 0 spiro atoms. The molecule has 2 heteroatoms. The summed E-state index contributed by atoms with van der Waals surface area (Å²) < 4.78 is 0. The Kier molecular flexibility index (Phi) is 24.7. The molecule has 0 unspecified atom stereocenters. The maximum absolute atomic E-state index is 2.00. The van der Waals surface area contributed by atoms with Gasteiger partial charge in [0.2, 0.25) is 0 Å². The van der Waals surface area contributed by atoms with Crippen LogP contribution in [0.15, 0.2) is 0 Å². The summed E-state index contributed by atoms with van der Waals surface area (Å²) in [5, 5.41) is 0. The molecule has 0 rings (SSSR count). The van der Waals surface area contributed by atoms with E-state index in [0.29, 0.717) is 0 Å². The summed E-state index contributed by atoms with van der Waals surface area (Å²) >= 11 is 0. The molecule has 0 aromatic carbocycles. The molecular weight excluding hydrogens is 151 g/mol. The van der Waals surface area contributed by atoms with Gasteiger partial charge in [0, 0.05) is 32.7 Å². The van der Waals surface area contributed by atoms with Crippen molar-refractivity contribution < 1.29 is 32.7 Å². The van der Waals surface area contributed by atoms with Gasteiger partial charge in [0.05, 0.1) is 0 Å². The Bertz CT molecular complexity index is 12.3. The largest absolute Gasteiger partial charge is 0.358 e. The smallest absolute Gasteiger partial charge is 0 e. The Morgan fingerprint density at radius 2 is 1.00 bits per heavy atom. The van der Waals surface area contributed by atoms with Gasteiger partial charge in [0.1, 0.15) is 0 Å². The molecule has 0 aliphatic carbocycles. The van der Waals surface area contributed by atoms with E-state index in [9.17, 15) is 0 Å². The van der Waals surface area contributed by atoms with E-state index in [2.05, 4.69) is 0 Å². The quantitative estimate of drug-likeness (QED) is 0.473. The third-order valence-corrected chi connectivity index (χ3v) is 0. The fourth-order valence-corrected chi connectivity index (χ4v) is 0. The van der Waals surface area contributed by atoms with Crippen LogP contribution in [0.25, 0.3) is 0 Å². The van der Waals surface area contributed by atoms with Gasteiger partial charge in [-0.05, 0) is 21.1 Å². The zero-order valence-corrected chi connectivity index (χ0v) is 7.86. The predicted octanol–water partition coefficient (Wildman–Crippen LogP) is 0.626. The average Bonchev–Trinajstić information content (AvgIpc) is 0.811. The summed E-state index contributed by atoms with van der Waals surface area (Å²) in [4.78, 5) is 2.00. The second-order valence-electron chi connectivity index (χ2n) is 1.34. The molecule has 0 N–H and O–H groups in total. The first-order valence-electron chi connectivity index (χ1n) is 1.34. The van der Waals surface area contributed by atoms with Crippen molar-refractivity contribution in [3.05, 3.63) is 7.43 Å². The van der Waals surface area contributed by atoms with Gasteiger partial charge in [-0.2, -0.15) is 0 Å². The fraction of sp³-hybridized carbons (Fsp3) is 0.750.